The van der Waals surface area contributed by atoms with Crippen molar-refractivity contribution >= 4 is 18.0 Å². The third kappa shape index (κ3) is 2.29. The molecule has 1 heterocycles. The molecule has 0 bridgehead atoms. The van der Waals surface area contributed by atoms with E-state index in [0.717, 1.165) is 12.0 Å². The second-order valence-electron chi connectivity index (χ2n) is 2.60. The molecule has 0 aromatic carbocycles. The number of nitrogens with zero attached hydrogens (tertiary/aromatic N) is 3. The zero-order valence-corrected chi connectivity index (χ0v) is 8.19. The van der Waals surface area contributed by atoms with Crippen LogP contribution < -0.4 is 5.73 Å². The summed E-state index contributed by atoms with van der Waals surface area (Å²) in [5, 5.41) is 0. The second kappa shape index (κ2) is 4.36. The van der Waals surface area contributed by atoms with Crippen LogP contribution in [0, 0.1) is 6.92 Å². The fourth-order valence-electron chi connectivity index (χ4n) is 0.925. The lowest BCUT2D eigenvalue weighted by molar-refractivity contribution is 0.369. The number of hydrogen-bond acceptors (Lipinski definition) is 4. The quantitative estimate of drug-likeness (QED) is 0.441. The molecule has 1 rings (SSSR count). The Labute approximate surface area is 82.4 Å². The van der Waals surface area contributed by atoms with Gasteiger partial charge in [-0.05, 0) is 13.0 Å². The Kier molecular flexibility index (Phi) is 3.17. The van der Waals surface area contributed by atoms with Gasteiger partial charge in [-0.25, -0.2) is 15.0 Å². The average molecular weight is 192 g/mol. The van der Waals surface area contributed by atoms with Crippen molar-refractivity contribution in [2.45, 2.75) is 6.92 Å². The predicted molar refractivity (Wildman–Crippen MR) is 55.2 cm³/mol. The summed E-state index contributed by atoms with van der Waals surface area (Å²) < 4.78 is 4.96. The first-order valence-electron chi connectivity index (χ1n) is 4.00. The topological polar surface area (TPSA) is 73.4 Å². The van der Waals surface area contributed by atoms with E-state index < -0.39 is 0 Å². The van der Waals surface area contributed by atoms with Crippen LogP contribution in [0.3, 0.4) is 0 Å². The zero-order valence-electron chi connectivity index (χ0n) is 8.19. The van der Waals surface area contributed by atoms with Gasteiger partial charge in [0.25, 0.3) is 5.95 Å². The van der Waals surface area contributed by atoms with Crippen molar-refractivity contribution in [1.29, 1.82) is 0 Å². The van der Waals surface area contributed by atoms with Crippen molar-refractivity contribution in [3.05, 3.63) is 24.0 Å². The highest BCUT2D eigenvalue weighted by Crippen LogP contribution is 2.14. The summed E-state index contributed by atoms with van der Waals surface area (Å²) in [6, 6.07) is 1.77. The second-order valence-corrected chi connectivity index (χ2v) is 2.60. The Bertz CT molecular complexity index is 373. The highest BCUT2D eigenvalue weighted by molar-refractivity contribution is 5.58. The zero-order chi connectivity index (χ0) is 10.6. The number of rotatable bonds is 3. The van der Waals surface area contributed by atoms with E-state index in [9.17, 15) is 0 Å². The number of aryl methyl sites for hydroxylation is 1. The van der Waals surface area contributed by atoms with Crippen LogP contribution in [0.4, 0.5) is 5.95 Å². The van der Waals surface area contributed by atoms with Crippen LogP contribution >= 0.6 is 0 Å². The molecule has 0 spiro atoms. The van der Waals surface area contributed by atoms with Crippen LogP contribution in [0.15, 0.2) is 17.6 Å². The molecule has 0 aliphatic carbocycles. The van der Waals surface area contributed by atoms with E-state index >= 15 is 0 Å². The molecule has 0 atom stereocenters. The molecular formula is C9H12N4O. The summed E-state index contributed by atoms with van der Waals surface area (Å²) in [6.07, 6.45) is 1.15. The highest BCUT2D eigenvalue weighted by atomic mass is 16.5. The lowest BCUT2D eigenvalue weighted by atomic mass is 10.3. The third-order valence-corrected chi connectivity index (χ3v) is 1.56. The summed E-state index contributed by atoms with van der Waals surface area (Å²) in [5.74, 6) is 0.782. The highest BCUT2D eigenvalue weighted by Gasteiger charge is 2.04. The van der Waals surface area contributed by atoms with Crippen LogP contribution in [0.2, 0.25) is 0 Å². The Morgan fingerprint density at radius 2 is 2.36 bits per heavy atom. The minimum absolute atomic E-state index is 0.306. The maximum Gasteiger partial charge on any atom is 0.251 e. The summed E-state index contributed by atoms with van der Waals surface area (Å²) in [7, 11) is 1.53. The molecule has 0 saturated heterocycles. The minimum atomic E-state index is 0.306. The van der Waals surface area contributed by atoms with Gasteiger partial charge in [-0.1, -0.05) is 6.58 Å². The van der Waals surface area contributed by atoms with Gasteiger partial charge >= 0.3 is 0 Å². The lowest BCUT2D eigenvalue weighted by Gasteiger charge is -2.04. The van der Waals surface area contributed by atoms with Gasteiger partial charge in [-0.3, -0.25) is 0 Å². The molecular weight excluding hydrogens is 180 g/mol. The van der Waals surface area contributed by atoms with Crippen molar-refractivity contribution in [2.24, 2.45) is 10.7 Å². The predicted octanol–water partition coefficient (Wildman–Crippen LogP) is 1.02. The molecule has 5 nitrogen and oxygen atoms in total. The molecule has 0 unspecified atom stereocenters. The van der Waals surface area contributed by atoms with Gasteiger partial charge in [0.15, 0.2) is 0 Å². The van der Waals surface area contributed by atoms with Crippen molar-refractivity contribution < 1.29 is 4.74 Å². The standard InChI is InChI=1S/C9H12N4O/c1-6-4-8(7(2)14-3)13-9(12-6)11-5-10/h4-5H,2H2,1,3H3,(H2,10,11,12,13). The van der Waals surface area contributed by atoms with Crippen molar-refractivity contribution in [3.8, 4) is 0 Å². The first-order valence-corrected chi connectivity index (χ1v) is 4.00. The van der Waals surface area contributed by atoms with Gasteiger partial charge in [0.2, 0.25) is 0 Å². The largest absolute Gasteiger partial charge is 0.495 e. The number of aromatic nitrogens is 2. The van der Waals surface area contributed by atoms with Gasteiger partial charge in [0, 0.05) is 5.69 Å². The number of nitrogens with two attached hydrogens (primary N) is 1. The van der Waals surface area contributed by atoms with E-state index in [4.69, 9.17) is 10.5 Å². The fraction of sp³-hybridized carbons (Fsp3) is 0.222. The third-order valence-electron chi connectivity index (χ3n) is 1.56. The summed E-state index contributed by atoms with van der Waals surface area (Å²) in [4.78, 5) is 11.9. The van der Waals surface area contributed by atoms with Gasteiger partial charge in [0.1, 0.15) is 11.5 Å². The summed E-state index contributed by atoms with van der Waals surface area (Å²) >= 11 is 0. The molecule has 1 aromatic heterocycles. The minimum Gasteiger partial charge on any atom is -0.495 e. The maximum atomic E-state index is 5.14. The molecule has 2 N–H and O–H groups in total. The Hall–Kier alpha value is -1.91. The van der Waals surface area contributed by atoms with Crippen molar-refractivity contribution in [2.75, 3.05) is 7.11 Å². The van der Waals surface area contributed by atoms with Crippen LogP contribution in [-0.4, -0.2) is 23.4 Å². The Balaban J connectivity index is 3.13. The molecule has 0 radical (unpaired) electrons. The van der Waals surface area contributed by atoms with Gasteiger partial charge in [-0.2, -0.15) is 0 Å². The van der Waals surface area contributed by atoms with E-state index in [1.54, 1.807) is 6.07 Å². The first-order chi connectivity index (χ1) is 6.67. The average Bonchev–Trinajstić information content (AvgIpc) is 2.16. The fourth-order valence-corrected chi connectivity index (χ4v) is 0.925. The Morgan fingerprint density at radius 3 is 2.93 bits per heavy atom. The molecule has 74 valence electrons. The van der Waals surface area contributed by atoms with Crippen LogP contribution in [0.5, 0.6) is 0 Å². The van der Waals surface area contributed by atoms with E-state index in [-0.39, 0.29) is 0 Å². The normalized spacial score (nSPS) is 10.4. The van der Waals surface area contributed by atoms with E-state index in [2.05, 4.69) is 21.5 Å². The van der Waals surface area contributed by atoms with Crippen LogP contribution in [-0.2, 0) is 4.74 Å². The van der Waals surface area contributed by atoms with E-state index in [1.165, 1.54) is 7.11 Å². The summed E-state index contributed by atoms with van der Waals surface area (Å²) in [5.41, 5.74) is 6.54. The monoisotopic (exact) mass is 192 g/mol. The van der Waals surface area contributed by atoms with Crippen LogP contribution in [0.25, 0.3) is 5.76 Å². The smallest absolute Gasteiger partial charge is 0.251 e. The van der Waals surface area contributed by atoms with E-state index in [0.29, 0.717) is 17.4 Å². The number of methoxy groups -OCH3 is 1. The van der Waals surface area contributed by atoms with Crippen molar-refractivity contribution in [1.82, 2.24) is 9.97 Å². The first kappa shape index (κ1) is 10.2. The van der Waals surface area contributed by atoms with Gasteiger partial charge < -0.3 is 10.5 Å². The molecule has 5 heteroatoms. The molecule has 0 aliphatic heterocycles. The number of aliphatic imine (C=N–C) groups is 1. The van der Waals surface area contributed by atoms with Crippen molar-refractivity contribution in [3.63, 3.8) is 0 Å². The summed E-state index contributed by atoms with van der Waals surface area (Å²) in [6.45, 7) is 5.53. The number of hydrogen-bond donors (Lipinski definition) is 1. The molecule has 1 aromatic rings. The van der Waals surface area contributed by atoms with Gasteiger partial charge in [-0.15, -0.1) is 0 Å². The SMILES string of the molecule is C=C(OC)c1cc(C)nc(/N=C\N)n1. The molecule has 0 aliphatic rings. The van der Waals surface area contributed by atoms with Crippen LogP contribution in [0.1, 0.15) is 11.4 Å². The lowest BCUT2D eigenvalue weighted by Crippen LogP contribution is -1.96. The molecule has 14 heavy (non-hydrogen) atoms. The Morgan fingerprint density at radius 1 is 1.64 bits per heavy atom. The molecule has 0 amide bonds. The van der Waals surface area contributed by atoms with E-state index in [1.807, 2.05) is 6.92 Å². The molecule has 0 fully saturated rings. The van der Waals surface area contributed by atoms with Gasteiger partial charge in [0.05, 0.1) is 13.4 Å². The molecule has 0 saturated carbocycles. The number of ether oxygens (including phenoxy) is 1. The maximum absolute atomic E-state index is 5.14.